The van der Waals surface area contributed by atoms with Crippen molar-refractivity contribution in [1.29, 1.82) is 0 Å². The van der Waals surface area contributed by atoms with Gasteiger partial charge >= 0.3 is 0 Å². The van der Waals surface area contributed by atoms with E-state index in [4.69, 9.17) is 0 Å². The van der Waals surface area contributed by atoms with Crippen molar-refractivity contribution in [2.75, 3.05) is 6.54 Å². The first kappa shape index (κ1) is 13.8. The van der Waals surface area contributed by atoms with Crippen LogP contribution in [-0.4, -0.2) is 27.2 Å². The Hall–Kier alpha value is -2.89. The molecule has 0 fully saturated rings. The third-order valence-corrected chi connectivity index (χ3v) is 4.18. The first-order chi connectivity index (χ1) is 11.1. The van der Waals surface area contributed by atoms with E-state index >= 15 is 0 Å². The van der Waals surface area contributed by atoms with Crippen LogP contribution in [0.5, 0.6) is 0 Å². The number of benzene rings is 1. The molecule has 4 rings (SSSR count). The maximum atomic E-state index is 13.1. The van der Waals surface area contributed by atoms with Crippen molar-refractivity contribution in [3.8, 4) is 16.9 Å². The molecule has 0 aliphatic carbocycles. The summed E-state index contributed by atoms with van der Waals surface area (Å²) in [6.07, 6.45) is 2.56. The molecule has 2 N–H and O–H groups in total. The number of carbonyl (C=O) groups is 1. The molecule has 0 saturated heterocycles. The van der Waals surface area contributed by atoms with Crippen molar-refractivity contribution in [2.24, 2.45) is 0 Å². The average Bonchev–Trinajstić information content (AvgIpc) is 3.13. The Kier molecular flexibility index (Phi) is 3.04. The van der Waals surface area contributed by atoms with Crippen molar-refractivity contribution in [1.82, 2.24) is 20.1 Å². The largest absolute Gasteiger partial charge is 0.358 e. The van der Waals surface area contributed by atoms with Crippen molar-refractivity contribution in [3.63, 3.8) is 0 Å². The maximum absolute atomic E-state index is 13.1. The number of fused-ring (bicyclic) bond motifs is 1. The summed E-state index contributed by atoms with van der Waals surface area (Å²) in [6.45, 7) is 2.60. The highest BCUT2D eigenvalue weighted by Gasteiger charge is 2.21. The predicted octanol–water partition coefficient (Wildman–Crippen LogP) is 2.60. The van der Waals surface area contributed by atoms with Crippen molar-refractivity contribution >= 4 is 5.91 Å². The summed E-state index contributed by atoms with van der Waals surface area (Å²) in [5.74, 6) is -0.320. The fourth-order valence-corrected chi connectivity index (χ4v) is 2.96. The molecule has 2 aromatic heterocycles. The number of H-pyrrole nitrogens is 1. The Morgan fingerprint density at radius 3 is 2.74 bits per heavy atom. The van der Waals surface area contributed by atoms with Crippen molar-refractivity contribution < 1.29 is 9.18 Å². The lowest BCUT2D eigenvalue weighted by Gasteiger charge is -2.10. The normalized spacial score (nSPS) is 13.7. The molecule has 5 nitrogen and oxygen atoms in total. The SMILES string of the molecule is Cc1c(-c2cc3c([nH]2)CCNC3=O)cnn1-c1ccc(F)cc1. The van der Waals surface area contributed by atoms with Crippen LogP contribution in [0.4, 0.5) is 4.39 Å². The molecule has 0 spiro atoms. The number of aromatic amines is 1. The number of carbonyl (C=O) groups excluding carboxylic acids is 1. The zero-order chi connectivity index (χ0) is 16.0. The molecule has 6 heteroatoms. The lowest BCUT2D eigenvalue weighted by atomic mass is 10.1. The minimum absolute atomic E-state index is 0.0441. The molecule has 1 aliphatic rings. The number of halogens is 1. The maximum Gasteiger partial charge on any atom is 0.253 e. The standard InChI is InChI=1S/C17H15FN4O/c1-10-14(9-20-22(10)12-4-2-11(18)3-5-12)16-8-13-15(21-16)6-7-19-17(13)23/h2-5,8-9,21H,6-7H2,1H3,(H,19,23). The average molecular weight is 310 g/mol. The second kappa shape index (κ2) is 5.08. The molecule has 0 saturated carbocycles. The second-order valence-electron chi connectivity index (χ2n) is 5.61. The van der Waals surface area contributed by atoms with E-state index in [-0.39, 0.29) is 11.7 Å². The summed E-state index contributed by atoms with van der Waals surface area (Å²) < 4.78 is 14.8. The molecule has 116 valence electrons. The van der Waals surface area contributed by atoms with Crippen LogP contribution >= 0.6 is 0 Å². The topological polar surface area (TPSA) is 62.7 Å². The van der Waals surface area contributed by atoms with Crippen molar-refractivity contribution in [3.05, 3.63) is 59.3 Å². The third kappa shape index (κ3) is 2.23. The molecule has 1 aromatic carbocycles. The number of aromatic nitrogens is 3. The molecule has 3 aromatic rings. The van der Waals surface area contributed by atoms with Gasteiger partial charge in [-0.15, -0.1) is 0 Å². The van der Waals surface area contributed by atoms with E-state index in [9.17, 15) is 9.18 Å². The van der Waals surface area contributed by atoms with Gasteiger partial charge in [-0.2, -0.15) is 5.10 Å². The number of amides is 1. The van der Waals surface area contributed by atoms with Crippen LogP contribution in [0.15, 0.2) is 36.5 Å². The number of nitrogens with one attached hydrogen (secondary N) is 2. The molecule has 0 unspecified atom stereocenters. The zero-order valence-corrected chi connectivity index (χ0v) is 12.6. The first-order valence-electron chi connectivity index (χ1n) is 7.44. The smallest absolute Gasteiger partial charge is 0.253 e. The fourth-order valence-electron chi connectivity index (χ4n) is 2.96. The molecule has 1 amide bonds. The van der Waals surface area contributed by atoms with E-state index in [1.165, 1.54) is 12.1 Å². The van der Waals surface area contributed by atoms with Gasteiger partial charge in [-0.3, -0.25) is 4.79 Å². The molecular formula is C17H15FN4O. The van der Waals surface area contributed by atoms with Gasteiger partial charge in [0.05, 0.1) is 23.1 Å². The van der Waals surface area contributed by atoms with E-state index in [0.717, 1.165) is 34.8 Å². The van der Waals surface area contributed by atoms with Crippen LogP contribution in [0.25, 0.3) is 16.9 Å². The van der Waals surface area contributed by atoms with Gasteiger partial charge in [-0.1, -0.05) is 0 Å². The third-order valence-electron chi connectivity index (χ3n) is 4.18. The molecule has 0 bridgehead atoms. The molecular weight excluding hydrogens is 295 g/mol. The predicted molar refractivity (Wildman–Crippen MR) is 84.1 cm³/mol. The summed E-state index contributed by atoms with van der Waals surface area (Å²) in [5.41, 5.74) is 5.17. The van der Waals surface area contributed by atoms with E-state index in [2.05, 4.69) is 15.4 Å². The van der Waals surface area contributed by atoms with E-state index in [1.54, 1.807) is 23.0 Å². The fraction of sp³-hybridized carbons (Fsp3) is 0.176. The van der Waals surface area contributed by atoms with Crippen LogP contribution in [0.3, 0.4) is 0 Å². The highest BCUT2D eigenvalue weighted by Crippen LogP contribution is 2.27. The number of rotatable bonds is 2. The molecule has 1 aliphatic heterocycles. The molecule has 23 heavy (non-hydrogen) atoms. The summed E-state index contributed by atoms with van der Waals surface area (Å²) in [7, 11) is 0. The highest BCUT2D eigenvalue weighted by molar-refractivity contribution is 5.97. The second-order valence-corrected chi connectivity index (χ2v) is 5.61. The lowest BCUT2D eigenvalue weighted by Crippen LogP contribution is -2.31. The lowest BCUT2D eigenvalue weighted by molar-refractivity contribution is 0.0946. The van der Waals surface area contributed by atoms with Crippen LogP contribution in [0.2, 0.25) is 0 Å². The van der Waals surface area contributed by atoms with Crippen LogP contribution < -0.4 is 5.32 Å². The molecule has 0 atom stereocenters. The van der Waals surface area contributed by atoms with Crippen LogP contribution in [0, 0.1) is 12.7 Å². The Bertz CT molecular complexity index is 892. The Morgan fingerprint density at radius 1 is 1.22 bits per heavy atom. The Balaban J connectivity index is 1.76. The highest BCUT2D eigenvalue weighted by atomic mass is 19.1. The summed E-state index contributed by atoms with van der Waals surface area (Å²) in [6, 6.07) is 8.06. The quantitative estimate of drug-likeness (QED) is 0.764. The minimum atomic E-state index is -0.276. The van der Waals surface area contributed by atoms with Crippen molar-refractivity contribution in [2.45, 2.75) is 13.3 Å². The summed E-state index contributed by atoms with van der Waals surface area (Å²) >= 11 is 0. The number of hydrogen-bond donors (Lipinski definition) is 2. The molecule has 3 heterocycles. The van der Waals surface area contributed by atoms with Gasteiger partial charge in [0.1, 0.15) is 5.82 Å². The van der Waals surface area contributed by atoms with E-state index < -0.39 is 0 Å². The van der Waals surface area contributed by atoms with Gasteiger partial charge in [0.25, 0.3) is 5.91 Å². The Labute approximate surface area is 132 Å². The van der Waals surface area contributed by atoms with Crippen LogP contribution in [0.1, 0.15) is 21.7 Å². The summed E-state index contributed by atoms with van der Waals surface area (Å²) in [5, 5.41) is 7.23. The zero-order valence-electron chi connectivity index (χ0n) is 12.6. The Morgan fingerprint density at radius 2 is 2.00 bits per heavy atom. The number of nitrogens with zero attached hydrogens (tertiary/aromatic N) is 2. The van der Waals surface area contributed by atoms with Gasteiger partial charge in [-0.05, 0) is 37.3 Å². The number of hydrogen-bond acceptors (Lipinski definition) is 2. The van der Waals surface area contributed by atoms with E-state index in [1.807, 2.05) is 13.0 Å². The first-order valence-corrected chi connectivity index (χ1v) is 7.44. The summed E-state index contributed by atoms with van der Waals surface area (Å²) in [4.78, 5) is 15.2. The minimum Gasteiger partial charge on any atom is -0.358 e. The van der Waals surface area contributed by atoms with Gasteiger partial charge < -0.3 is 10.3 Å². The van der Waals surface area contributed by atoms with E-state index in [0.29, 0.717) is 12.1 Å². The van der Waals surface area contributed by atoms with Gasteiger partial charge in [0.15, 0.2) is 0 Å². The van der Waals surface area contributed by atoms with Gasteiger partial charge in [0, 0.05) is 29.9 Å². The molecule has 0 radical (unpaired) electrons. The van der Waals surface area contributed by atoms with Gasteiger partial charge in [-0.25, -0.2) is 9.07 Å². The monoisotopic (exact) mass is 310 g/mol. The van der Waals surface area contributed by atoms with Gasteiger partial charge in [0.2, 0.25) is 0 Å². The van der Waals surface area contributed by atoms with Crippen LogP contribution in [-0.2, 0) is 6.42 Å².